The van der Waals surface area contributed by atoms with Gasteiger partial charge in [0.2, 0.25) is 5.91 Å². The highest BCUT2D eigenvalue weighted by atomic mass is 32.2. The van der Waals surface area contributed by atoms with Crippen LogP contribution < -0.4 is 10.2 Å². The summed E-state index contributed by atoms with van der Waals surface area (Å²) in [7, 11) is 1.76. The van der Waals surface area contributed by atoms with E-state index in [4.69, 9.17) is 5.26 Å². The molecule has 2 aliphatic rings. The van der Waals surface area contributed by atoms with Gasteiger partial charge in [-0.3, -0.25) is 4.79 Å². The number of aromatic nitrogens is 2. The van der Waals surface area contributed by atoms with Gasteiger partial charge < -0.3 is 15.1 Å². The van der Waals surface area contributed by atoms with Crippen LogP contribution in [0, 0.1) is 28.9 Å². The molecule has 7 nitrogen and oxygen atoms in total. The number of rotatable bonds is 6. The summed E-state index contributed by atoms with van der Waals surface area (Å²) in [6.07, 6.45) is 10.2. The molecule has 1 saturated carbocycles. The van der Waals surface area contributed by atoms with Crippen molar-refractivity contribution in [2.45, 2.75) is 32.1 Å². The van der Waals surface area contributed by atoms with E-state index in [1.807, 2.05) is 23.5 Å². The van der Waals surface area contributed by atoms with Crippen LogP contribution in [0.15, 0.2) is 42.5 Å². The van der Waals surface area contributed by atoms with Crippen molar-refractivity contribution in [3.63, 3.8) is 0 Å². The van der Waals surface area contributed by atoms with E-state index < -0.39 is 11.6 Å². The molecular weight excluding hydrogens is 530 g/mol. The van der Waals surface area contributed by atoms with E-state index in [-0.39, 0.29) is 23.7 Å². The van der Waals surface area contributed by atoms with Gasteiger partial charge in [0.25, 0.3) is 0 Å². The average molecular weight is 567 g/mol. The van der Waals surface area contributed by atoms with Crippen molar-refractivity contribution in [1.82, 2.24) is 14.7 Å². The number of hydrogen-bond donors (Lipinski definition) is 1. The number of carbonyl (C=O) groups excluding carboxylic acids is 1. The molecule has 0 radical (unpaired) electrons. The van der Waals surface area contributed by atoms with E-state index in [1.165, 1.54) is 55.0 Å². The smallest absolute Gasteiger partial charge is 0.241 e. The molecule has 1 aliphatic carbocycles. The zero-order valence-corrected chi connectivity index (χ0v) is 24.1. The normalized spacial score (nSPS) is 15.8. The predicted octanol–water partition coefficient (Wildman–Crippen LogP) is 5.94. The van der Waals surface area contributed by atoms with Gasteiger partial charge in [-0.15, -0.1) is 5.10 Å². The molecule has 212 valence electrons. The molecule has 1 amide bonds. The molecule has 0 bridgehead atoms. The number of hydrogen-bond acceptors (Lipinski definition) is 6. The summed E-state index contributed by atoms with van der Waals surface area (Å²) in [4.78, 5) is 15.6. The van der Waals surface area contributed by atoms with Crippen molar-refractivity contribution in [2.24, 2.45) is 5.92 Å². The number of piperazine rings is 1. The fourth-order valence-corrected chi connectivity index (χ4v) is 5.11. The maximum absolute atomic E-state index is 15.5. The topological polar surface area (TPSA) is 77.2 Å². The summed E-state index contributed by atoms with van der Waals surface area (Å²) in [5, 5.41) is 17.2. The molecule has 0 spiro atoms. The lowest BCUT2D eigenvalue weighted by Crippen LogP contribution is -2.48. The van der Waals surface area contributed by atoms with E-state index in [9.17, 15) is 9.18 Å². The van der Waals surface area contributed by atoms with E-state index in [2.05, 4.69) is 10.4 Å². The second-order valence-electron chi connectivity index (χ2n) is 10.3. The zero-order chi connectivity index (χ0) is 28.6. The molecule has 2 heterocycles. The van der Waals surface area contributed by atoms with Gasteiger partial charge in [-0.1, -0.05) is 25.3 Å². The van der Waals surface area contributed by atoms with Crippen LogP contribution in [-0.4, -0.2) is 66.3 Å². The number of halogens is 2. The fourth-order valence-electron chi connectivity index (χ4n) is 5.11. The van der Waals surface area contributed by atoms with E-state index >= 15 is 4.39 Å². The summed E-state index contributed by atoms with van der Waals surface area (Å²) in [5.41, 5.74) is 1.78. The number of carbonyl (C=O) groups is 1. The maximum atomic E-state index is 15.5. The first-order valence-corrected chi connectivity index (χ1v) is 15.2. The van der Waals surface area contributed by atoms with Crippen LogP contribution in [0.1, 0.15) is 37.7 Å². The van der Waals surface area contributed by atoms with Gasteiger partial charge in [0, 0.05) is 44.0 Å². The lowest BCUT2D eigenvalue weighted by Gasteiger charge is -2.33. The number of benzene rings is 2. The number of thioether (sulfide) groups is 1. The number of nitriles is 1. The Morgan fingerprint density at radius 2 is 1.80 bits per heavy atom. The first kappa shape index (κ1) is 29.4. The molecule has 1 saturated heterocycles. The summed E-state index contributed by atoms with van der Waals surface area (Å²) in [6, 6.07) is 12.8. The molecule has 2 fully saturated rings. The van der Waals surface area contributed by atoms with Gasteiger partial charge >= 0.3 is 0 Å². The van der Waals surface area contributed by atoms with Crippen molar-refractivity contribution in [3.8, 4) is 23.0 Å². The third-order valence-electron chi connectivity index (χ3n) is 7.37. The highest BCUT2D eigenvalue weighted by Gasteiger charge is 2.23. The number of amides is 1. The third-order valence-corrected chi connectivity index (χ3v) is 7.37. The molecule has 40 heavy (non-hydrogen) atoms. The second kappa shape index (κ2) is 13.7. The van der Waals surface area contributed by atoms with E-state index in [0.717, 1.165) is 6.54 Å². The first-order chi connectivity index (χ1) is 19.3. The first-order valence-electron chi connectivity index (χ1n) is 13.6. The van der Waals surface area contributed by atoms with Crippen molar-refractivity contribution in [2.75, 3.05) is 56.0 Å². The molecule has 0 unspecified atom stereocenters. The number of nitrogens with one attached hydrogen (secondary N) is 1. The van der Waals surface area contributed by atoms with Crippen LogP contribution in [0.2, 0.25) is 0 Å². The average Bonchev–Trinajstić information content (AvgIpc) is 3.38. The minimum absolute atomic E-state index is 0.0124. The Morgan fingerprint density at radius 3 is 2.45 bits per heavy atom. The van der Waals surface area contributed by atoms with Crippen LogP contribution in [-0.2, 0) is 4.79 Å². The second-order valence-corrected chi connectivity index (χ2v) is 11.1. The van der Waals surface area contributed by atoms with Crippen LogP contribution >= 0.6 is 11.8 Å². The standard InChI is InChI=1S/C28H30F2N6O.C2H6S/c1-34-11-12-35(18-28(34)37)22-9-10-25(24(30)14-22)36-26(20-7-8-21(16-31)23(29)13-20)15-27(33-36)32-17-19-5-3-2-4-6-19;1-3-2/h7-10,13-15,19H,2-6,11-12,17-18H2,1H3,(H,32,33);1-2H3. The van der Waals surface area contributed by atoms with E-state index in [1.54, 1.807) is 48.0 Å². The lowest BCUT2D eigenvalue weighted by atomic mass is 9.89. The molecule has 5 rings (SSSR count). The Labute approximate surface area is 239 Å². The SMILES string of the molecule is CN1CCN(c2ccc(-n3nc(NCC4CCCCC4)cc3-c3ccc(C#N)c(F)c3)c(F)c2)CC1=O.CSC. The molecule has 1 aliphatic heterocycles. The van der Waals surface area contributed by atoms with Gasteiger partial charge in [-0.2, -0.15) is 17.0 Å². The summed E-state index contributed by atoms with van der Waals surface area (Å²) < 4.78 is 31.5. The minimum atomic E-state index is -0.639. The molecule has 10 heteroatoms. The van der Waals surface area contributed by atoms with Crippen LogP contribution in [0.4, 0.5) is 20.3 Å². The van der Waals surface area contributed by atoms with Gasteiger partial charge in [0.1, 0.15) is 23.4 Å². The van der Waals surface area contributed by atoms with Gasteiger partial charge in [-0.25, -0.2) is 13.5 Å². The number of likely N-dealkylation sites (N-methyl/N-ethyl adjacent to an activating group) is 1. The van der Waals surface area contributed by atoms with Gasteiger partial charge in [-0.05, 0) is 61.6 Å². The Bertz CT molecular complexity index is 1360. The Balaban J connectivity index is 0.00000118. The van der Waals surface area contributed by atoms with Crippen molar-refractivity contribution in [1.29, 1.82) is 5.26 Å². The maximum Gasteiger partial charge on any atom is 0.241 e. The highest BCUT2D eigenvalue weighted by Crippen LogP contribution is 2.31. The predicted molar refractivity (Wildman–Crippen MR) is 158 cm³/mol. The van der Waals surface area contributed by atoms with E-state index in [0.29, 0.717) is 41.8 Å². The molecule has 0 atom stereocenters. The summed E-state index contributed by atoms with van der Waals surface area (Å²) >= 11 is 1.75. The Kier molecular flexibility index (Phi) is 10.0. The van der Waals surface area contributed by atoms with Crippen LogP contribution in [0.25, 0.3) is 16.9 Å². The number of nitrogens with zero attached hydrogens (tertiary/aromatic N) is 5. The monoisotopic (exact) mass is 566 g/mol. The number of anilines is 2. The third kappa shape index (κ3) is 6.94. The van der Waals surface area contributed by atoms with Gasteiger partial charge in [0.05, 0.1) is 17.8 Å². The minimum Gasteiger partial charge on any atom is -0.368 e. The fraction of sp³-hybridized carbons (Fsp3) is 0.433. The molecule has 1 aromatic heterocycles. The van der Waals surface area contributed by atoms with Crippen molar-refractivity contribution in [3.05, 3.63) is 59.7 Å². The highest BCUT2D eigenvalue weighted by molar-refractivity contribution is 7.97. The molecule has 3 aromatic rings. The van der Waals surface area contributed by atoms with Crippen LogP contribution in [0.5, 0.6) is 0 Å². The van der Waals surface area contributed by atoms with Crippen LogP contribution in [0.3, 0.4) is 0 Å². The molecular formula is C30H36F2N6OS. The molecule has 1 N–H and O–H groups in total. The largest absolute Gasteiger partial charge is 0.368 e. The summed E-state index contributed by atoms with van der Waals surface area (Å²) in [5.74, 6) is -0.00155. The summed E-state index contributed by atoms with van der Waals surface area (Å²) in [6.45, 7) is 2.17. The quantitative estimate of drug-likeness (QED) is 0.398. The Morgan fingerprint density at radius 1 is 1.05 bits per heavy atom. The van der Waals surface area contributed by atoms with Gasteiger partial charge in [0.15, 0.2) is 5.82 Å². The molecule has 2 aromatic carbocycles. The van der Waals surface area contributed by atoms with Crippen molar-refractivity contribution < 1.29 is 13.6 Å². The van der Waals surface area contributed by atoms with Crippen molar-refractivity contribution >= 4 is 29.2 Å². The Hall–Kier alpha value is -3.58. The zero-order valence-electron chi connectivity index (χ0n) is 23.3. The lowest BCUT2D eigenvalue weighted by molar-refractivity contribution is -0.129.